The van der Waals surface area contributed by atoms with Gasteiger partial charge in [0, 0.05) is 43.7 Å². The summed E-state index contributed by atoms with van der Waals surface area (Å²) < 4.78 is 13.0. The molecule has 1 aromatic heterocycles. The molecule has 0 bridgehead atoms. The largest absolute Gasteiger partial charge is 0.496 e. The minimum Gasteiger partial charge on any atom is -0.496 e. The molecule has 1 aromatic carbocycles. The van der Waals surface area contributed by atoms with Gasteiger partial charge in [-0.1, -0.05) is 18.2 Å². The van der Waals surface area contributed by atoms with Gasteiger partial charge in [0.05, 0.1) is 25.5 Å². The van der Waals surface area contributed by atoms with Crippen LogP contribution in [0, 0.1) is 0 Å². The Hall–Kier alpha value is -2.38. The van der Waals surface area contributed by atoms with Crippen LogP contribution in [0.15, 0.2) is 24.3 Å². The Bertz CT molecular complexity index is 801. The molecule has 2 heterocycles. The van der Waals surface area contributed by atoms with Crippen LogP contribution in [0.1, 0.15) is 41.2 Å². The first kappa shape index (κ1) is 19.4. The third-order valence-corrected chi connectivity index (χ3v) is 4.63. The highest BCUT2D eigenvalue weighted by Crippen LogP contribution is 2.24. The smallest absolute Gasteiger partial charge is 0.270 e. The number of nitrogens with one attached hydrogen (secondary N) is 2. The zero-order valence-corrected chi connectivity index (χ0v) is 16.4. The molecule has 0 aliphatic carbocycles. The molecule has 7 nitrogen and oxygen atoms in total. The van der Waals surface area contributed by atoms with Crippen molar-refractivity contribution in [1.29, 1.82) is 0 Å². The molecule has 0 spiro atoms. The summed E-state index contributed by atoms with van der Waals surface area (Å²) in [5.41, 5.74) is 3.59. The molecule has 0 fully saturated rings. The van der Waals surface area contributed by atoms with Gasteiger partial charge in [0.25, 0.3) is 5.91 Å². The van der Waals surface area contributed by atoms with Gasteiger partial charge in [0.2, 0.25) is 0 Å². The van der Waals surface area contributed by atoms with Gasteiger partial charge in [-0.2, -0.15) is 5.10 Å². The molecule has 7 heteroatoms. The van der Waals surface area contributed by atoms with Gasteiger partial charge in [0.1, 0.15) is 11.4 Å². The third kappa shape index (κ3) is 4.48. The molecule has 0 saturated heterocycles. The number of amides is 1. The summed E-state index contributed by atoms with van der Waals surface area (Å²) >= 11 is 0. The van der Waals surface area contributed by atoms with E-state index in [0.29, 0.717) is 31.8 Å². The highest BCUT2D eigenvalue weighted by molar-refractivity contribution is 5.94. The van der Waals surface area contributed by atoms with Gasteiger partial charge in [-0.05, 0) is 19.9 Å². The lowest BCUT2D eigenvalue weighted by Gasteiger charge is -2.23. The number of fused-ring (bicyclic) bond motifs is 1. The monoisotopic (exact) mass is 372 g/mol. The molecule has 1 aliphatic rings. The van der Waals surface area contributed by atoms with Crippen molar-refractivity contribution in [3.8, 4) is 5.75 Å². The van der Waals surface area contributed by atoms with Gasteiger partial charge in [-0.25, -0.2) is 0 Å². The number of nitrogens with zero attached hydrogens (tertiary/aromatic N) is 2. The highest BCUT2D eigenvalue weighted by Gasteiger charge is 2.29. The lowest BCUT2D eigenvalue weighted by atomic mass is 10.0. The van der Waals surface area contributed by atoms with Crippen molar-refractivity contribution < 1.29 is 14.3 Å². The first-order valence-corrected chi connectivity index (χ1v) is 9.29. The number of carbonyl (C=O) groups excluding carboxylic acids is 1. The summed E-state index contributed by atoms with van der Waals surface area (Å²) in [7, 11) is 3.49. The van der Waals surface area contributed by atoms with Crippen LogP contribution in [0.2, 0.25) is 0 Å². The fourth-order valence-corrected chi connectivity index (χ4v) is 3.40. The fourth-order valence-electron chi connectivity index (χ4n) is 3.40. The number of hydrogen-bond acceptors (Lipinski definition) is 5. The maximum atomic E-state index is 12.5. The number of benzene rings is 1. The first-order valence-electron chi connectivity index (χ1n) is 9.29. The highest BCUT2D eigenvalue weighted by atomic mass is 16.5. The Morgan fingerprint density at radius 1 is 1.41 bits per heavy atom. The number of aryl methyl sites for hydroxylation is 1. The number of hydrogen-bond donors (Lipinski definition) is 2. The summed E-state index contributed by atoms with van der Waals surface area (Å²) in [5, 5.41) is 10.8. The van der Waals surface area contributed by atoms with Gasteiger partial charge in [-0.3, -0.25) is 9.48 Å². The van der Waals surface area contributed by atoms with Crippen LogP contribution >= 0.6 is 0 Å². The van der Waals surface area contributed by atoms with Crippen LogP contribution in [0.4, 0.5) is 0 Å². The van der Waals surface area contributed by atoms with Gasteiger partial charge < -0.3 is 20.1 Å². The zero-order chi connectivity index (χ0) is 19.4. The normalized spacial score (nSPS) is 16.3. The standard InChI is InChI=1S/C20H28N4O3/c1-13(2)22-20(25)19-16-9-15(27-12-17(16)23-24(19)3)11-21-10-14-7-5-6-8-18(14)26-4/h5-8,13,15,21H,9-12H2,1-4H3,(H,22,25). The van der Waals surface area contributed by atoms with E-state index in [9.17, 15) is 4.79 Å². The van der Waals surface area contributed by atoms with E-state index in [0.717, 1.165) is 22.6 Å². The number of carbonyl (C=O) groups is 1. The van der Waals surface area contributed by atoms with Crippen LogP contribution < -0.4 is 15.4 Å². The average molecular weight is 372 g/mol. The predicted molar refractivity (Wildman–Crippen MR) is 103 cm³/mol. The quantitative estimate of drug-likeness (QED) is 0.775. The summed E-state index contributed by atoms with van der Waals surface area (Å²) in [6.45, 7) is 5.73. The van der Waals surface area contributed by atoms with Crippen molar-refractivity contribution >= 4 is 5.91 Å². The second kappa shape index (κ2) is 8.54. The summed E-state index contributed by atoms with van der Waals surface area (Å²) in [5.74, 6) is 0.792. The number of aromatic nitrogens is 2. The Labute approximate surface area is 160 Å². The molecule has 2 aromatic rings. The van der Waals surface area contributed by atoms with E-state index < -0.39 is 0 Å². The van der Waals surface area contributed by atoms with Gasteiger partial charge >= 0.3 is 0 Å². The molecule has 0 radical (unpaired) electrons. The lowest BCUT2D eigenvalue weighted by Crippen LogP contribution is -2.35. The van der Waals surface area contributed by atoms with Crippen LogP contribution in [-0.4, -0.2) is 41.5 Å². The minimum absolute atomic E-state index is 0.00186. The maximum Gasteiger partial charge on any atom is 0.270 e. The zero-order valence-electron chi connectivity index (χ0n) is 16.4. The molecule has 146 valence electrons. The predicted octanol–water partition coefficient (Wildman–Crippen LogP) is 1.80. The molecule has 1 aliphatic heterocycles. The number of ether oxygens (including phenoxy) is 2. The molecule has 1 atom stereocenters. The molecule has 2 N–H and O–H groups in total. The van der Waals surface area contributed by atoms with E-state index >= 15 is 0 Å². The van der Waals surface area contributed by atoms with Gasteiger partial charge in [0.15, 0.2) is 0 Å². The van der Waals surface area contributed by atoms with E-state index in [-0.39, 0.29) is 18.1 Å². The van der Waals surface area contributed by atoms with Gasteiger partial charge in [-0.15, -0.1) is 0 Å². The Balaban J connectivity index is 1.63. The van der Waals surface area contributed by atoms with E-state index in [4.69, 9.17) is 9.47 Å². The summed E-state index contributed by atoms with van der Waals surface area (Å²) in [6.07, 6.45) is 0.671. The van der Waals surface area contributed by atoms with E-state index in [1.165, 1.54) is 0 Å². The average Bonchev–Trinajstić information content (AvgIpc) is 2.96. The van der Waals surface area contributed by atoms with Crippen LogP contribution in [0.25, 0.3) is 0 Å². The van der Waals surface area contributed by atoms with Crippen molar-refractivity contribution in [2.45, 2.75) is 45.6 Å². The minimum atomic E-state index is -0.0797. The van der Waals surface area contributed by atoms with Crippen molar-refractivity contribution in [1.82, 2.24) is 20.4 Å². The van der Waals surface area contributed by atoms with Crippen molar-refractivity contribution in [2.24, 2.45) is 7.05 Å². The molecule has 1 unspecified atom stereocenters. The Kier molecular flexibility index (Phi) is 6.13. The summed E-state index contributed by atoms with van der Waals surface area (Å²) in [4.78, 5) is 12.5. The third-order valence-electron chi connectivity index (χ3n) is 4.63. The molecular weight excluding hydrogens is 344 g/mol. The Morgan fingerprint density at radius 3 is 2.93 bits per heavy atom. The molecule has 1 amide bonds. The first-order chi connectivity index (χ1) is 13.0. The maximum absolute atomic E-state index is 12.5. The van der Waals surface area contributed by atoms with E-state index in [2.05, 4.69) is 15.7 Å². The Morgan fingerprint density at radius 2 is 2.19 bits per heavy atom. The topological polar surface area (TPSA) is 77.4 Å². The molecule has 0 saturated carbocycles. The van der Waals surface area contributed by atoms with Crippen LogP contribution in [0.5, 0.6) is 5.75 Å². The van der Waals surface area contributed by atoms with Crippen LogP contribution in [0.3, 0.4) is 0 Å². The fraction of sp³-hybridized carbons (Fsp3) is 0.500. The second-order valence-electron chi connectivity index (χ2n) is 7.11. The number of rotatable bonds is 7. The number of para-hydroxylation sites is 1. The lowest BCUT2D eigenvalue weighted by molar-refractivity contribution is 0.0267. The number of methoxy groups -OCH3 is 1. The molecular formula is C20H28N4O3. The van der Waals surface area contributed by atoms with Crippen molar-refractivity contribution in [3.05, 3.63) is 46.8 Å². The molecule has 3 rings (SSSR count). The van der Waals surface area contributed by atoms with Crippen LogP contribution in [-0.2, 0) is 31.4 Å². The van der Waals surface area contributed by atoms with Crippen molar-refractivity contribution in [2.75, 3.05) is 13.7 Å². The molecule has 27 heavy (non-hydrogen) atoms. The second-order valence-corrected chi connectivity index (χ2v) is 7.11. The van der Waals surface area contributed by atoms with E-state index in [1.54, 1.807) is 11.8 Å². The van der Waals surface area contributed by atoms with Crippen molar-refractivity contribution in [3.63, 3.8) is 0 Å². The summed E-state index contributed by atoms with van der Waals surface area (Å²) in [6, 6.07) is 8.04. The SMILES string of the molecule is COc1ccccc1CNCC1Cc2c(nn(C)c2C(=O)NC(C)C)CO1. The van der Waals surface area contributed by atoms with E-state index in [1.807, 2.05) is 45.2 Å².